The standard InChI is InChI=1S/C9H21NO2/c1-5-10(6-2)9(11-7-3)12-8-4/h9H,5-8H2,1-4H3. The van der Waals surface area contributed by atoms with Gasteiger partial charge in [0.2, 0.25) is 6.41 Å². The monoisotopic (exact) mass is 175 g/mol. The quantitative estimate of drug-likeness (QED) is 0.549. The van der Waals surface area contributed by atoms with Crippen molar-refractivity contribution in [1.82, 2.24) is 4.90 Å². The molecule has 0 aliphatic heterocycles. The molecule has 0 unspecified atom stereocenters. The van der Waals surface area contributed by atoms with Gasteiger partial charge in [0.1, 0.15) is 0 Å². The summed E-state index contributed by atoms with van der Waals surface area (Å²) in [7, 11) is 0. The maximum Gasteiger partial charge on any atom is 0.218 e. The summed E-state index contributed by atoms with van der Waals surface area (Å²) in [4.78, 5) is 2.15. The van der Waals surface area contributed by atoms with E-state index in [2.05, 4.69) is 18.7 Å². The normalized spacial score (nSPS) is 11.5. The summed E-state index contributed by atoms with van der Waals surface area (Å²) in [5.74, 6) is 0. The van der Waals surface area contributed by atoms with E-state index in [0.29, 0.717) is 13.2 Å². The SMILES string of the molecule is CCOC(OCC)N(CC)CC. The minimum Gasteiger partial charge on any atom is -0.340 e. The highest BCUT2D eigenvalue weighted by atomic mass is 16.7. The molecule has 3 nitrogen and oxygen atoms in total. The van der Waals surface area contributed by atoms with E-state index in [1.165, 1.54) is 0 Å². The van der Waals surface area contributed by atoms with Crippen molar-refractivity contribution in [2.24, 2.45) is 0 Å². The van der Waals surface area contributed by atoms with Gasteiger partial charge in [0.05, 0.1) is 0 Å². The maximum atomic E-state index is 5.43. The minimum absolute atomic E-state index is 0.157. The van der Waals surface area contributed by atoms with Gasteiger partial charge in [0.15, 0.2) is 0 Å². The van der Waals surface area contributed by atoms with E-state index in [-0.39, 0.29) is 6.41 Å². The van der Waals surface area contributed by atoms with Crippen LogP contribution >= 0.6 is 0 Å². The predicted octanol–water partition coefficient (Wildman–Crippen LogP) is 1.68. The predicted molar refractivity (Wildman–Crippen MR) is 50.0 cm³/mol. The molecule has 0 bridgehead atoms. The highest BCUT2D eigenvalue weighted by Crippen LogP contribution is 2.02. The molecule has 0 aromatic rings. The van der Waals surface area contributed by atoms with Crippen molar-refractivity contribution in [2.45, 2.75) is 34.1 Å². The van der Waals surface area contributed by atoms with Gasteiger partial charge < -0.3 is 9.47 Å². The Labute approximate surface area is 75.6 Å². The number of hydrogen-bond donors (Lipinski definition) is 0. The third-order valence-corrected chi connectivity index (χ3v) is 1.73. The smallest absolute Gasteiger partial charge is 0.218 e. The van der Waals surface area contributed by atoms with Crippen LogP contribution in [0.1, 0.15) is 27.7 Å². The third kappa shape index (κ3) is 4.04. The Morgan fingerprint density at radius 2 is 1.33 bits per heavy atom. The molecule has 0 spiro atoms. The fourth-order valence-electron chi connectivity index (χ4n) is 1.07. The molecule has 0 aromatic carbocycles. The van der Waals surface area contributed by atoms with E-state index in [1.807, 2.05) is 13.8 Å². The van der Waals surface area contributed by atoms with Crippen LogP contribution in [0.2, 0.25) is 0 Å². The molecule has 0 aliphatic carbocycles. The van der Waals surface area contributed by atoms with Gasteiger partial charge in [-0.1, -0.05) is 13.8 Å². The van der Waals surface area contributed by atoms with Crippen LogP contribution in [-0.4, -0.2) is 37.6 Å². The molecule has 0 saturated carbocycles. The van der Waals surface area contributed by atoms with Crippen LogP contribution in [0.3, 0.4) is 0 Å². The van der Waals surface area contributed by atoms with Crippen LogP contribution in [0.5, 0.6) is 0 Å². The summed E-state index contributed by atoms with van der Waals surface area (Å²) >= 11 is 0. The summed E-state index contributed by atoms with van der Waals surface area (Å²) in [5, 5.41) is 0. The molecule has 0 heterocycles. The summed E-state index contributed by atoms with van der Waals surface area (Å²) in [6, 6.07) is 0. The van der Waals surface area contributed by atoms with Gasteiger partial charge in [-0.05, 0) is 26.9 Å². The summed E-state index contributed by atoms with van der Waals surface area (Å²) < 4.78 is 10.9. The van der Waals surface area contributed by atoms with Crippen molar-refractivity contribution in [1.29, 1.82) is 0 Å². The Hall–Kier alpha value is -0.120. The van der Waals surface area contributed by atoms with Gasteiger partial charge in [-0.3, -0.25) is 4.90 Å². The number of rotatable bonds is 7. The lowest BCUT2D eigenvalue weighted by molar-refractivity contribution is -0.218. The van der Waals surface area contributed by atoms with E-state index in [0.717, 1.165) is 13.1 Å². The second-order valence-corrected chi connectivity index (χ2v) is 2.44. The molecule has 0 aliphatic rings. The molecule has 0 fully saturated rings. The van der Waals surface area contributed by atoms with E-state index < -0.39 is 0 Å². The van der Waals surface area contributed by atoms with Crippen molar-refractivity contribution < 1.29 is 9.47 Å². The average molecular weight is 175 g/mol. The molecule has 0 aromatic heterocycles. The van der Waals surface area contributed by atoms with Crippen LogP contribution in [0, 0.1) is 0 Å². The summed E-state index contributed by atoms with van der Waals surface area (Å²) in [6.07, 6.45) is -0.157. The molecule has 0 rings (SSSR count). The van der Waals surface area contributed by atoms with Gasteiger partial charge >= 0.3 is 0 Å². The van der Waals surface area contributed by atoms with E-state index in [9.17, 15) is 0 Å². The largest absolute Gasteiger partial charge is 0.340 e. The zero-order valence-corrected chi connectivity index (χ0v) is 8.67. The Balaban J connectivity index is 3.86. The molecule has 0 radical (unpaired) electrons. The first-order valence-electron chi connectivity index (χ1n) is 4.77. The van der Waals surface area contributed by atoms with Crippen molar-refractivity contribution in [3.63, 3.8) is 0 Å². The Morgan fingerprint density at radius 1 is 0.917 bits per heavy atom. The van der Waals surface area contributed by atoms with Crippen LogP contribution in [-0.2, 0) is 9.47 Å². The first kappa shape index (κ1) is 11.9. The van der Waals surface area contributed by atoms with Crippen molar-refractivity contribution in [2.75, 3.05) is 26.3 Å². The van der Waals surface area contributed by atoms with Crippen LogP contribution in [0.4, 0.5) is 0 Å². The lowest BCUT2D eigenvalue weighted by atomic mass is 10.5. The van der Waals surface area contributed by atoms with E-state index >= 15 is 0 Å². The van der Waals surface area contributed by atoms with Crippen LogP contribution < -0.4 is 0 Å². The van der Waals surface area contributed by atoms with Crippen LogP contribution in [0.15, 0.2) is 0 Å². The molecule has 0 amide bonds. The highest BCUT2D eigenvalue weighted by molar-refractivity contribution is 4.49. The Bertz CT molecular complexity index is 88.5. The van der Waals surface area contributed by atoms with Gasteiger partial charge in [-0.15, -0.1) is 0 Å². The fourth-order valence-corrected chi connectivity index (χ4v) is 1.07. The van der Waals surface area contributed by atoms with E-state index in [4.69, 9.17) is 9.47 Å². The first-order chi connectivity index (χ1) is 5.79. The number of hydrogen-bond acceptors (Lipinski definition) is 3. The highest BCUT2D eigenvalue weighted by Gasteiger charge is 2.14. The van der Waals surface area contributed by atoms with Crippen molar-refractivity contribution in [3.05, 3.63) is 0 Å². The van der Waals surface area contributed by atoms with Gasteiger partial charge in [0.25, 0.3) is 0 Å². The molecule has 12 heavy (non-hydrogen) atoms. The van der Waals surface area contributed by atoms with Crippen molar-refractivity contribution >= 4 is 0 Å². The summed E-state index contributed by atoms with van der Waals surface area (Å²) in [5.41, 5.74) is 0. The zero-order valence-electron chi connectivity index (χ0n) is 8.67. The third-order valence-electron chi connectivity index (χ3n) is 1.73. The zero-order chi connectivity index (χ0) is 9.40. The van der Waals surface area contributed by atoms with E-state index in [1.54, 1.807) is 0 Å². The molecule has 0 atom stereocenters. The topological polar surface area (TPSA) is 21.7 Å². The Morgan fingerprint density at radius 3 is 1.58 bits per heavy atom. The second kappa shape index (κ2) is 7.53. The molecular weight excluding hydrogens is 154 g/mol. The lowest BCUT2D eigenvalue weighted by Crippen LogP contribution is -2.39. The first-order valence-corrected chi connectivity index (χ1v) is 4.77. The molecular formula is C9H21NO2. The van der Waals surface area contributed by atoms with Crippen molar-refractivity contribution in [3.8, 4) is 0 Å². The lowest BCUT2D eigenvalue weighted by Gasteiger charge is -2.28. The average Bonchev–Trinajstić information content (AvgIpc) is 2.07. The number of ether oxygens (including phenoxy) is 2. The maximum absolute atomic E-state index is 5.43. The molecule has 3 heteroatoms. The van der Waals surface area contributed by atoms with Gasteiger partial charge in [0, 0.05) is 13.2 Å². The minimum atomic E-state index is -0.157. The molecule has 74 valence electrons. The molecule has 0 N–H and O–H groups in total. The van der Waals surface area contributed by atoms with Gasteiger partial charge in [-0.2, -0.15) is 0 Å². The van der Waals surface area contributed by atoms with Gasteiger partial charge in [-0.25, -0.2) is 0 Å². The number of nitrogens with zero attached hydrogens (tertiary/aromatic N) is 1. The molecule has 0 saturated heterocycles. The summed E-state index contributed by atoms with van der Waals surface area (Å²) in [6.45, 7) is 11.5. The second-order valence-electron chi connectivity index (χ2n) is 2.44. The van der Waals surface area contributed by atoms with Crippen LogP contribution in [0.25, 0.3) is 0 Å². The fraction of sp³-hybridized carbons (Fsp3) is 1.00. The Kier molecular flexibility index (Phi) is 7.45.